The molecule has 2 unspecified atom stereocenters. The molecule has 1 aromatic heterocycles. The number of fused-ring (bicyclic) bond motifs is 9. The molecule has 236 valence electrons. The van der Waals surface area contributed by atoms with Crippen molar-refractivity contribution in [2.24, 2.45) is 0 Å². The molecule has 0 bridgehead atoms. The predicted octanol–water partition coefficient (Wildman–Crippen LogP) is 11.5. The van der Waals surface area contributed by atoms with Crippen LogP contribution in [-0.2, 0) is 0 Å². The zero-order valence-electron chi connectivity index (χ0n) is 27.4. The summed E-state index contributed by atoms with van der Waals surface area (Å²) in [4.78, 5) is 5.01. The molecule has 49 heavy (non-hydrogen) atoms. The first-order valence-electron chi connectivity index (χ1n) is 17.4. The van der Waals surface area contributed by atoms with Gasteiger partial charge in [-0.05, 0) is 83.4 Å². The molecular weight excluding hydrogens is 597 g/mol. The molecule has 0 fully saturated rings. The van der Waals surface area contributed by atoms with Gasteiger partial charge in [0.25, 0.3) is 0 Å². The van der Waals surface area contributed by atoms with Gasteiger partial charge in [-0.3, -0.25) is 0 Å². The molecule has 3 heterocycles. The Morgan fingerprint density at radius 1 is 0.592 bits per heavy atom. The Balaban J connectivity index is 1.18. The van der Waals surface area contributed by atoms with Gasteiger partial charge in [0.1, 0.15) is 6.17 Å². The molecule has 4 nitrogen and oxygen atoms in total. The fourth-order valence-corrected chi connectivity index (χ4v) is 8.51. The van der Waals surface area contributed by atoms with Crippen molar-refractivity contribution in [2.45, 2.75) is 31.5 Å². The minimum absolute atomic E-state index is 0.103. The van der Waals surface area contributed by atoms with E-state index in [0.29, 0.717) is 0 Å². The van der Waals surface area contributed by atoms with Crippen molar-refractivity contribution in [3.63, 3.8) is 0 Å². The fourth-order valence-electron chi connectivity index (χ4n) is 8.51. The highest BCUT2D eigenvalue weighted by Crippen LogP contribution is 2.52. The number of nitrogens with one attached hydrogen (secondary N) is 1. The minimum Gasteiger partial charge on any atom is -0.363 e. The zero-order chi connectivity index (χ0) is 32.5. The van der Waals surface area contributed by atoms with Gasteiger partial charge in [0.15, 0.2) is 0 Å². The lowest BCUT2D eigenvalue weighted by atomic mass is 9.85. The third-order valence-electron chi connectivity index (χ3n) is 10.7. The van der Waals surface area contributed by atoms with Gasteiger partial charge in [0.05, 0.1) is 34.3 Å². The Hall–Kier alpha value is -6.00. The number of nitrogens with zero attached hydrogens (tertiary/aromatic N) is 3. The second kappa shape index (κ2) is 11.0. The summed E-state index contributed by atoms with van der Waals surface area (Å²) in [5, 5.41) is 7.52. The quantitative estimate of drug-likeness (QED) is 0.209. The third-order valence-corrected chi connectivity index (χ3v) is 10.7. The highest BCUT2D eigenvalue weighted by atomic mass is 15.3. The summed E-state index contributed by atoms with van der Waals surface area (Å²) in [7, 11) is 0. The van der Waals surface area contributed by atoms with Gasteiger partial charge in [-0.15, -0.1) is 0 Å². The molecule has 3 aliphatic rings. The number of benzene rings is 6. The van der Waals surface area contributed by atoms with Crippen LogP contribution in [0.15, 0.2) is 164 Å². The Labute approximate surface area is 286 Å². The maximum absolute atomic E-state index is 3.72. The van der Waals surface area contributed by atoms with Crippen LogP contribution in [0.3, 0.4) is 0 Å². The third kappa shape index (κ3) is 4.23. The average Bonchev–Trinajstić information content (AvgIpc) is 3.68. The van der Waals surface area contributed by atoms with Gasteiger partial charge in [-0.1, -0.05) is 110 Å². The van der Waals surface area contributed by atoms with E-state index in [1.165, 1.54) is 72.6 Å². The van der Waals surface area contributed by atoms with E-state index in [1.54, 1.807) is 0 Å². The van der Waals surface area contributed by atoms with E-state index < -0.39 is 0 Å². The van der Waals surface area contributed by atoms with Gasteiger partial charge in [-0.25, -0.2) is 0 Å². The van der Waals surface area contributed by atoms with Crippen LogP contribution >= 0.6 is 0 Å². The van der Waals surface area contributed by atoms with Crippen molar-refractivity contribution in [3.05, 3.63) is 169 Å². The minimum atomic E-state index is 0.103. The number of aromatic nitrogens is 1. The first-order chi connectivity index (χ1) is 24.3. The largest absolute Gasteiger partial charge is 0.363 e. The van der Waals surface area contributed by atoms with Crippen LogP contribution in [0.5, 0.6) is 0 Å². The second-order valence-electron chi connectivity index (χ2n) is 13.3. The Morgan fingerprint density at radius 2 is 1.27 bits per heavy atom. The van der Waals surface area contributed by atoms with E-state index in [-0.39, 0.29) is 18.1 Å². The smallest absolute Gasteiger partial charge is 0.104 e. The molecule has 0 radical (unpaired) electrons. The molecular formula is C45H36N4. The van der Waals surface area contributed by atoms with Gasteiger partial charge in [-0.2, -0.15) is 0 Å². The number of anilines is 5. The highest BCUT2D eigenvalue weighted by molar-refractivity contribution is 6.00. The molecule has 2 aliphatic heterocycles. The van der Waals surface area contributed by atoms with Gasteiger partial charge < -0.3 is 19.7 Å². The monoisotopic (exact) mass is 632 g/mol. The topological polar surface area (TPSA) is 23.4 Å². The standard InChI is InChI=1S/C45H36N4/c1-2-43-46-38-18-8-12-22-42(38)48(43)33-27-25-32(26-28-33)47-39-19-9-5-15-35(39)44-36-16-6-10-20-40(36)49(45(44)37-17-7-11-21-41(37)47)34-24-23-30-13-3-4-14-31(30)29-34/h3-29,35,39,43,46H,2H2,1H3/t35-,39?,43?/m1/s1. The molecule has 3 atom stereocenters. The number of para-hydroxylation sites is 4. The summed E-state index contributed by atoms with van der Waals surface area (Å²) in [6, 6.07) is 51.4. The molecule has 0 spiro atoms. The summed E-state index contributed by atoms with van der Waals surface area (Å²) < 4.78 is 2.51. The summed E-state index contributed by atoms with van der Waals surface area (Å²) in [5.41, 5.74) is 12.3. The lowest BCUT2D eigenvalue weighted by Gasteiger charge is -2.36. The summed E-state index contributed by atoms with van der Waals surface area (Å²) >= 11 is 0. The van der Waals surface area contributed by atoms with E-state index in [2.05, 4.69) is 190 Å². The van der Waals surface area contributed by atoms with Crippen LogP contribution in [0.1, 0.15) is 24.8 Å². The van der Waals surface area contributed by atoms with Crippen molar-refractivity contribution in [1.29, 1.82) is 0 Å². The number of hydrogen-bond acceptors (Lipinski definition) is 3. The van der Waals surface area contributed by atoms with E-state index in [4.69, 9.17) is 0 Å². The maximum atomic E-state index is 3.72. The van der Waals surface area contributed by atoms with Crippen LogP contribution in [0, 0.1) is 0 Å². The summed E-state index contributed by atoms with van der Waals surface area (Å²) in [6.45, 7) is 2.24. The Kier molecular flexibility index (Phi) is 6.32. The maximum Gasteiger partial charge on any atom is 0.104 e. The number of allylic oxidation sites excluding steroid dienone is 2. The van der Waals surface area contributed by atoms with Crippen molar-refractivity contribution in [3.8, 4) is 16.9 Å². The summed E-state index contributed by atoms with van der Waals surface area (Å²) in [5.74, 6) is 0.151. The van der Waals surface area contributed by atoms with Crippen LogP contribution in [-0.4, -0.2) is 16.8 Å². The van der Waals surface area contributed by atoms with E-state index in [9.17, 15) is 0 Å². The van der Waals surface area contributed by atoms with E-state index >= 15 is 0 Å². The normalized spacial score (nSPS) is 18.9. The molecule has 1 aliphatic carbocycles. The number of hydrogen-bond donors (Lipinski definition) is 1. The molecule has 1 N–H and O–H groups in total. The Morgan fingerprint density at radius 3 is 2.12 bits per heavy atom. The lowest BCUT2D eigenvalue weighted by molar-refractivity contribution is 0.700. The van der Waals surface area contributed by atoms with Crippen molar-refractivity contribution in [2.75, 3.05) is 15.1 Å². The zero-order valence-corrected chi connectivity index (χ0v) is 27.4. The molecule has 10 rings (SSSR count). The second-order valence-corrected chi connectivity index (χ2v) is 13.3. The number of rotatable bonds is 4. The highest BCUT2D eigenvalue weighted by Gasteiger charge is 2.38. The lowest BCUT2D eigenvalue weighted by Crippen LogP contribution is -2.34. The van der Waals surface area contributed by atoms with Gasteiger partial charge >= 0.3 is 0 Å². The summed E-state index contributed by atoms with van der Waals surface area (Å²) in [6.07, 6.45) is 10.5. The first-order valence-corrected chi connectivity index (χ1v) is 17.4. The van der Waals surface area contributed by atoms with Crippen LogP contribution in [0.2, 0.25) is 0 Å². The van der Waals surface area contributed by atoms with Crippen LogP contribution in [0.25, 0.3) is 38.6 Å². The van der Waals surface area contributed by atoms with Crippen LogP contribution in [0.4, 0.5) is 28.4 Å². The predicted molar refractivity (Wildman–Crippen MR) is 206 cm³/mol. The Bertz CT molecular complexity index is 2450. The van der Waals surface area contributed by atoms with Gasteiger partial charge in [0.2, 0.25) is 0 Å². The molecule has 0 saturated carbocycles. The molecule has 0 saturated heterocycles. The SMILES string of the molecule is CCC1Nc2ccccc2N1c1ccc(N2c3ccccc3-c3c(c4ccccc4n3-c3ccc4ccccc4c3)[C@@H]3C=CC=CC32)cc1. The fraction of sp³-hybridized carbons (Fsp3) is 0.111. The molecule has 4 heteroatoms. The van der Waals surface area contributed by atoms with Crippen molar-refractivity contribution >= 4 is 50.1 Å². The van der Waals surface area contributed by atoms with Crippen molar-refractivity contribution in [1.82, 2.24) is 4.57 Å². The first kappa shape index (κ1) is 28.1. The van der Waals surface area contributed by atoms with Gasteiger partial charge in [0, 0.05) is 33.9 Å². The molecule has 6 aromatic carbocycles. The van der Waals surface area contributed by atoms with Crippen LogP contribution < -0.4 is 15.1 Å². The van der Waals surface area contributed by atoms with E-state index in [1.807, 2.05) is 0 Å². The molecule has 0 amide bonds. The van der Waals surface area contributed by atoms with E-state index in [0.717, 1.165) is 6.42 Å². The molecule has 7 aromatic rings. The average molecular weight is 633 g/mol. The van der Waals surface area contributed by atoms with Crippen molar-refractivity contribution < 1.29 is 0 Å².